The zero-order chi connectivity index (χ0) is 13.0. The van der Waals surface area contributed by atoms with Gasteiger partial charge in [-0.15, -0.1) is 11.3 Å². The van der Waals surface area contributed by atoms with Crippen LogP contribution in [0.25, 0.3) is 0 Å². The minimum atomic E-state index is 0.757. The molecule has 0 aliphatic heterocycles. The summed E-state index contributed by atoms with van der Waals surface area (Å²) in [4.78, 5) is 15.0. The Bertz CT molecular complexity index is 511. The zero-order valence-corrected chi connectivity index (χ0v) is 11.7. The van der Waals surface area contributed by atoms with Crippen molar-refractivity contribution in [3.8, 4) is 0 Å². The number of hydrogen-bond acceptors (Lipinski definition) is 6. The Morgan fingerprint density at radius 3 is 2.89 bits per heavy atom. The number of hydrogen-bond donors (Lipinski definition) is 1. The standard InChI is InChI=1S/C12H17N5S/c1-4-13-11-5-12(15-8-14-11)17(3)6-10-7-18-9(2)16-10/h5,7-8H,4,6H2,1-3H3,(H,13,14,15). The van der Waals surface area contributed by atoms with Crippen LogP contribution in [0.5, 0.6) is 0 Å². The van der Waals surface area contributed by atoms with Crippen LogP contribution in [0.2, 0.25) is 0 Å². The molecule has 2 heterocycles. The second-order valence-electron chi connectivity index (χ2n) is 4.01. The van der Waals surface area contributed by atoms with Gasteiger partial charge in [-0.25, -0.2) is 15.0 Å². The number of anilines is 2. The van der Waals surface area contributed by atoms with Crippen molar-refractivity contribution < 1.29 is 0 Å². The second-order valence-corrected chi connectivity index (χ2v) is 5.07. The number of aryl methyl sites for hydroxylation is 1. The fourth-order valence-corrected chi connectivity index (χ4v) is 2.24. The van der Waals surface area contributed by atoms with Crippen LogP contribution in [-0.4, -0.2) is 28.5 Å². The molecule has 0 aliphatic carbocycles. The molecule has 6 heteroatoms. The third-order valence-electron chi connectivity index (χ3n) is 2.47. The van der Waals surface area contributed by atoms with Crippen molar-refractivity contribution in [3.63, 3.8) is 0 Å². The Hall–Kier alpha value is -1.69. The van der Waals surface area contributed by atoms with E-state index in [1.807, 2.05) is 27.0 Å². The lowest BCUT2D eigenvalue weighted by molar-refractivity contribution is 0.865. The lowest BCUT2D eigenvalue weighted by Crippen LogP contribution is -2.18. The SMILES string of the molecule is CCNc1cc(N(C)Cc2csc(C)n2)ncn1. The summed E-state index contributed by atoms with van der Waals surface area (Å²) in [5.74, 6) is 1.75. The molecule has 1 N–H and O–H groups in total. The molecule has 0 radical (unpaired) electrons. The molecule has 0 aromatic carbocycles. The van der Waals surface area contributed by atoms with E-state index < -0.39 is 0 Å². The lowest BCUT2D eigenvalue weighted by atomic mass is 10.4. The summed E-state index contributed by atoms with van der Waals surface area (Å²) in [6.45, 7) is 5.67. The van der Waals surface area contributed by atoms with E-state index >= 15 is 0 Å². The molecule has 2 aromatic rings. The first-order valence-electron chi connectivity index (χ1n) is 5.87. The summed E-state index contributed by atoms with van der Waals surface area (Å²) in [7, 11) is 2.01. The Kier molecular flexibility index (Phi) is 4.09. The Balaban J connectivity index is 2.08. The molecule has 2 rings (SSSR count). The minimum absolute atomic E-state index is 0.757. The van der Waals surface area contributed by atoms with E-state index in [1.54, 1.807) is 17.7 Å². The van der Waals surface area contributed by atoms with Gasteiger partial charge < -0.3 is 10.2 Å². The molecule has 0 saturated heterocycles. The quantitative estimate of drug-likeness (QED) is 0.897. The molecular formula is C12H17N5S. The predicted molar refractivity (Wildman–Crippen MR) is 75.2 cm³/mol. The molecular weight excluding hydrogens is 246 g/mol. The molecule has 0 spiro atoms. The van der Waals surface area contributed by atoms with Gasteiger partial charge in [-0.2, -0.15) is 0 Å². The van der Waals surface area contributed by atoms with Crippen LogP contribution in [0.1, 0.15) is 17.6 Å². The summed E-state index contributed by atoms with van der Waals surface area (Å²) in [6.07, 6.45) is 1.58. The number of nitrogens with zero attached hydrogens (tertiary/aromatic N) is 4. The minimum Gasteiger partial charge on any atom is -0.370 e. The molecule has 0 saturated carbocycles. The summed E-state index contributed by atoms with van der Waals surface area (Å²) in [6, 6.07) is 1.95. The fraction of sp³-hybridized carbons (Fsp3) is 0.417. The highest BCUT2D eigenvalue weighted by Gasteiger charge is 2.07. The molecule has 96 valence electrons. The van der Waals surface area contributed by atoms with Crippen molar-refractivity contribution in [2.75, 3.05) is 23.8 Å². The maximum absolute atomic E-state index is 4.45. The van der Waals surface area contributed by atoms with Gasteiger partial charge in [0.25, 0.3) is 0 Å². The van der Waals surface area contributed by atoms with Crippen molar-refractivity contribution in [1.82, 2.24) is 15.0 Å². The smallest absolute Gasteiger partial charge is 0.134 e. The molecule has 0 bridgehead atoms. The van der Waals surface area contributed by atoms with Crippen LogP contribution in [0.3, 0.4) is 0 Å². The summed E-state index contributed by atoms with van der Waals surface area (Å²) < 4.78 is 0. The van der Waals surface area contributed by atoms with E-state index in [0.717, 1.165) is 35.4 Å². The van der Waals surface area contributed by atoms with E-state index in [-0.39, 0.29) is 0 Å². The first-order valence-corrected chi connectivity index (χ1v) is 6.75. The van der Waals surface area contributed by atoms with Crippen LogP contribution in [-0.2, 0) is 6.54 Å². The second kappa shape index (κ2) is 5.77. The van der Waals surface area contributed by atoms with E-state index in [0.29, 0.717) is 0 Å². The average molecular weight is 263 g/mol. The maximum Gasteiger partial charge on any atom is 0.134 e. The Morgan fingerprint density at radius 1 is 1.39 bits per heavy atom. The van der Waals surface area contributed by atoms with Gasteiger partial charge in [0, 0.05) is 25.0 Å². The highest BCUT2D eigenvalue weighted by atomic mass is 32.1. The summed E-state index contributed by atoms with van der Waals surface area (Å²) >= 11 is 1.67. The average Bonchev–Trinajstić information content (AvgIpc) is 2.75. The van der Waals surface area contributed by atoms with Gasteiger partial charge in [0.2, 0.25) is 0 Å². The van der Waals surface area contributed by atoms with Gasteiger partial charge >= 0.3 is 0 Å². The third kappa shape index (κ3) is 3.16. The molecule has 0 amide bonds. The first kappa shape index (κ1) is 12.8. The molecule has 0 unspecified atom stereocenters. The molecule has 0 atom stereocenters. The normalized spacial score (nSPS) is 10.4. The van der Waals surface area contributed by atoms with Gasteiger partial charge in [-0.1, -0.05) is 0 Å². The number of rotatable bonds is 5. The van der Waals surface area contributed by atoms with Crippen LogP contribution in [0.4, 0.5) is 11.6 Å². The van der Waals surface area contributed by atoms with Crippen LogP contribution in [0.15, 0.2) is 17.8 Å². The van der Waals surface area contributed by atoms with Crippen molar-refractivity contribution in [1.29, 1.82) is 0 Å². The highest BCUT2D eigenvalue weighted by Crippen LogP contribution is 2.16. The van der Waals surface area contributed by atoms with Crippen molar-refractivity contribution in [3.05, 3.63) is 28.5 Å². The highest BCUT2D eigenvalue weighted by molar-refractivity contribution is 7.09. The first-order chi connectivity index (χ1) is 8.69. The van der Waals surface area contributed by atoms with E-state index in [4.69, 9.17) is 0 Å². The van der Waals surface area contributed by atoms with Crippen LogP contribution < -0.4 is 10.2 Å². The topological polar surface area (TPSA) is 53.9 Å². The van der Waals surface area contributed by atoms with Gasteiger partial charge in [0.05, 0.1) is 17.2 Å². The predicted octanol–water partition coefficient (Wildman–Crippen LogP) is 2.31. The van der Waals surface area contributed by atoms with Crippen molar-refractivity contribution in [2.24, 2.45) is 0 Å². The van der Waals surface area contributed by atoms with Gasteiger partial charge in [0.15, 0.2) is 0 Å². The number of thiazole rings is 1. The van der Waals surface area contributed by atoms with Crippen LogP contribution >= 0.6 is 11.3 Å². The maximum atomic E-state index is 4.45. The lowest BCUT2D eigenvalue weighted by Gasteiger charge is -2.17. The summed E-state index contributed by atoms with van der Waals surface area (Å²) in [5.41, 5.74) is 1.07. The third-order valence-corrected chi connectivity index (χ3v) is 3.29. The molecule has 0 fully saturated rings. The van der Waals surface area contributed by atoms with Gasteiger partial charge in [-0.3, -0.25) is 0 Å². The largest absolute Gasteiger partial charge is 0.370 e. The fourth-order valence-electron chi connectivity index (χ4n) is 1.64. The van der Waals surface area contributed by atoms with Crippen molar-refractivity contribution >= 4 is 23.0 Å². The van der Waals surface area contributed by atoms with E-state index in [9.17, 15) is 0 Å². The molecule has 5 nitrogen and oxygen atoms in total. The molecule has 18 heavy (non-hydrogen) atoms. The number of aromatic nitrogens is 3. The Morgan fingerprint density at radius 2 is 2.22 bits per heavy atom. The number of nitrogens with one attached hydrogen (secondary N) is 1. The van der Waals surface area contributed by atoms with Gasteiger partial charge in [0.1, 0.15) is 18.0 Å². The van der Waals surface area contributed by atoms with E-state index in [1.165, 1.54) is 0 Å². The zero-order valence-electron chi connectivity index (χ0n) is 10.8. The summed E-state index contributed by atoms with van der Waals surface area (Å²) in [5, 5.41) is 6.35. The van der Waals surface area contributed by atoms with Gasteiger partial charge in [-0.05, 0) is 13.8 Å². The molecule has 0 aliphatic rings. The molecule has 2 aromatic heterocycles. The monoisotopic (exact) mass is 263 g/mol. The van der Waals surface area contributed by atoms with Crippen LogP contribution in [0, 0.1) is 6.92 Å². The van der Waals surface area contributed by atoms with E-state index in [2.05, 4.69) is 30.5 Å². The Labute approximate surface area is 111 Å². The van der Waals surface area contributed by atoms with Crippen molar-refractivity contribution in [2.45, 2.75) is 20.4 Å².